The van der Waals surface area contributed by atoms with Crippen LogP contribution in [0.25, 0.3) is 0 Å². The van der Waals surface area contributed by atoms with Crippen molar-refractivity contribution in [2.75, 3.05) is 26.0 Å². The van der Waals surface area contributed by atoms with E-state index in [9.17, 15) is 0 Å². The summed E-state index contributed by atoms with van der Waals surface area (Å²) in [7, 11) is 2.14. The van der Waals surface area contributed by atoms with Crippen LogP contribution in [0.2, 0.25) is 5.02 Å². The number of likely N-dealkylation sites (N-methyl/N-ethyl adjacent to an activating group) is 1. The summed E-state index contributed by atoms with van der Waals surface area (Å²) in [5.74, 6) is 1.28. The van der Waals surface area contributed by atoms with Crippen LogP contribution < -0.4 is 0 Å². The van der Waals surface area contributed by atoms with Crippen molar-refractivity contribution in [1.82, 2.24) is 4.90 Å². The Hall–Kier alpha value is -0.240. The van der Waals surface area contributed by atoms with Crippen molar-refractivity contribution in [3.05, 3.63) is 34.9 Å². The largest absolute Gasteiger partial charge is 0.306 e. The maximum absolute atomic E-state index is 5.84. The first-order valence-electron chi connectivity index (χ1n) is 5.60. The number of rotatable bonds is 6. The molecule has 0 amide bonds. The van der Waals surface area contributed by atoms with Gasteiger partial charge in [-0.1, -0.05) is 30.7 Å². The van der Waals surface area contributed by atoms with Gasteiger partial charge in [-0.05, 0) is 37.1 Å². The lowest BCUT2D eigenvalue weighted by atomic mass is 10.1. The van der Waals surface area contributed by atoms with Crippen molar-refractivity contribution in [3.8, 4) is 0 Å². The Bertz CT molecular complexity index is 297. The quantitative estimate of drug-likeness (QED) is 0.705. The van der Waals surface area contributed by atoms with Crippen LogP contribution in [-0.2, 0) is 6.42 Å². The second kappa shape index (κ2) is 7.16. The summed E-state index contributed by atoms with van der Waals surface area (Å²) in [6, 6.07) is 8.05. The summed E-state index contributed by atoms with van der Waals surface area (Å²) in [5.41, 5.74) is 1.33. The Morgan fingerprint density at radius 1 is 1.25 bits per heavy atom. The fourth-order valence-electron chi connectivity index (χ4n) is 1.64. The van der Waals surface area contributed by atoms with E-state index in [2.05, 4.69) is 31.0 Å². The standard InChI is InChI=1S/C13H19Cl2N/c1-11(9-14)10-16(2)8-7-12-3-5-13(15)6-4-12/h3-6,11H,7-10H2,1-2H3. The maximum atomic E-state index is 5.84. The molecule has 0 aliphatic rings. The number of benzene rings is 1. The fourth-order valence-corrected chi connectivity index (χ4v) is 1.87. The molecule has 1 atom stereocenters. The fraction of sp³-hybridized carbons (Fsp3) is 0.538. The molecule has 3 heteroatoms. The first-order chi connectivity index (χ1) is 7.61. The Kier molecular flexibility index (Phi) is 6.18. The summed E-state index contributed by atoms with van der Waals surface area (Å²) in [5, 5.41) is 0.799. The van der Waals surface area contributed by atoms with E-state index in [1.54, 1.807) is 0 Å². The predicted molar refractivity (Wildman–Crippen MR) is 72.5 cm³/mol. The highest BCUT2D eigenvalue weighted by Gasteiger charge is 2.05. The molecule has 1 unspecified atom stereocenters. The van der Waals surface area contributed by atoms with Gasteiger partial charge in [-0.15, -0.1) is 11.6 Å². The summed E-state index contributed by atoms with van der Waals surface area (Å²) in [4.78, 5) is 2.32. The Morgan fingerprint density at radius 3 is 2.44 bits per heavy atom. The van der Waals surface area contributed by atoms with Crippen LogP contribution in [-0.4, -0.2) is 30.9 Å². The average molecular weight is 260 g/mol. The molecule has 0 aliphatic carbocycles. The smallest absolute Gasteiger partial charge is 0.0406 e. The summed E-state index contributed by atoms with van der Waals surface area (Å²) < 4.78 is 0. The lowest BCUT2D eigenvalue weighted by Crippen LogP contribution is -2.27. The molecule has 0 radical (unpaired) electrons. The second-order valence-electron chi connectivity index (χ2n) is 4.40. The Morgan fingerprint density at radius 2 is 1.88 bits per heavy atom. The maximum Gasteiger partial charge on any atom is 0.0406 e. The molecule has 0 saturated carbocycles. The van der Waals surface area contributed by atoms with Gasteiger partial charge in [0.05, 0.1) is 0 Å². The molecule has 0 saturated heterocycles. The van der Waals surface area contributed by atoms with E-state index in [1.807, 2.05) is 12.1 Å². The van der Waals surface area contributed by atoms with Crippen LogP contribution in [0, 0.1) is 5.92 Å². The van der Waals surface area contributed by atoms with Crippen LogP contribution >= 0.6 is 23.2 Å². The van der Waals surface area contributed by atoms with Gasteiger partial charge in [0.25, 0.3) is 0 Å². The van der Waals surface area contributed by atoms with Crippen molar-refractivity contribution in [2.24, 2.45) is 5.92 Å². The van der Waals surface area contributed by atoms with Crippen LogP contribution in [0.3, 0.4) is 0 Å². The molecule has 90 valence electrons. The monoisotopic (exact) mass is 259 g/mol. The summed E-state index contributed by atoms with van der Waals surface area (Å²) >= 11 is 11.6. The minimum atomic E-state index is 0.553. The van der Waals surface area contributed by atoms with Gasteiger partial charge in [-0.2, -0.15) is 0 Å². The molecule has 1 rings (SSSR count). The molecule has 1 nitrogen and oxygen atoms in total. The van der Waals surface area contributed by atoms with E-state index in [4.69, 9.17) is 23.2 Å². The normalized spacial score (nSPS) is 13.1. The minimum Gasteiger partial charge on any atom is -0.306 e. The SMILES string of the molecule is CC(CCl)CN(C)CCc1ccc(Cl)cc1. The molecule has 0 fully saturated rings. The van der Waals surface area contributed by atoms with Crippen molar-refractivity contribution < 1.29 is 0 Å². The predicted octanol–water partition coefficient (Wildman–Crippen LogP) is 3.69. The molecule has 0 aliphatic heterocycles. The van der Waals surface area contributed by atoms with Gasteiger partial charge in [0.1, 0.15) is 0 Å². The highest BCUT2D eigenvalue weighted by Crippen LogP contribution is 2.10. The second-order valence-corrected chi connectivity index (χ2v) is 5.14. The van der Waals surface area contributed by atoms with E-state index in [0.717, 1.165) is 30.4 Å². The zero-order chi connectivity index (χ0) is 12.0. The number of hydrogen-bond acceptors (Lipinski definition) is 1. The lowest BCUT2D eigenvalue weighted by Gasteiger charge is -2.19. The molecule has 0 N–H and O–H groups in total. The van der Waals surface area contributed by atoms with Crippen LogP contribution in [0.5, 0.6) is 0 Å². The van der Waals surface area contributed by atoms with E-state index in [-0.39, 0.29) is 0 Å². The highest BCUT2D eigenvalue weighted by atomic mass is 35.5. The molecule has 16 heavy (non-hydrogen) atoms. The Balaban J connectivity index is 2.31. The molecule has 1 aromatic rings. The topological polar surface area (TPSA) is 3.24 Å². The van der Waals surface area contributed by atoms with Gasteiger partial charge in [-0.25, -0.2) is 0 Å². The highest BCUT2D eigenvalue weighted by molar-refractivity contribution is 6.30. The van der Waals surface area contributed by atoms with E-state index in [1.165, 1.54) is 5.56 Å². The third-order valence-corrected chi connectivity index (χ3v) is 3.36. The van der Waals surface area contributed by atoms with Crippen molar-refractivity contribution in [3.63, 3.8) is 0 Å². The zero-order valence-electron chi connectivity index (χ0n) is 9.92. The minimum absolute atomic E-state index is 0.553. The van der Waals surface area contributed by atoms with Crippen molar-refractivity contribution >= 4 is 23.2 Å². The Labute approximate surface area is 108 Å². The molecule has 0 spiro atoms. The van der Waals surface area contributed by atoms with Crippen LogP contribution in [0.4, 0.5) is 0 Å². The van der Waals surface area contributed by atoms with Gasteiger partial charge in [0.2, 0.25) is 0 Å². The van der Waals surface area contributed by atoms with E-state index < -0.39 is 0 Å². The van der Waals surface area contributed by atoms with Gasteiger partial charge in [0, 0.05) is 24.0 Å². The van der Waals surface area contributed by atoms with Gasteiger partial charge in [0.15, 0.2) is 0 Å². The lowest BCUT2D eigenvalue weighted by molar-refractivity contribution is 0.300. The third-order valence-electron chi connectivity index (χ3n) is 2.58. The van der Waals surface area contributed by atoms with Crippen LogP contribution in [0.1, 0.15) is 12.5 Å². The van der Waals surface area contributed by atoms with E-state index in [0.29, 0.717) is 5.92 Å². The molecule has 0 heterocycles. The average Bonchev–Trinajstić information content (AvgIpc) is 2.28. The zero-order valence-corrected chi connectivity index (χ0v) is 11.4. The first-order valence-corrected chi connectivity index (χ1v) is 6.52. The molecule has 1 aromatic carbocycles. The van der Waals surface area contributed by atoms with Crippen molar-refractivity contribution in [1.29, 1.82) is 0 Å². The summed E-state index contributed by atoms with van der Waals surface area (Å²) in [6.45, 7) is 4.28. The summed E-state index contributed by atoms with van der Waals surface area (Å²) in [6.07, 6.45) is 1.06. The van der Waals surface area contributed by atoms with Gasteiger partial charge >= 0.3 is 0 Å². The van der Waals surface area contributed by atoms with E-state index >= 15 is 0 Å². The molecule has 0 aromatic heterocycles. The number of hydrogen-bond donors (Lipinski definition) is 0. The third kappa shape index (κ3) is 5.20. The van der Waals surface area contributed by atoms with Crippen molar-refractivity contribution in [2.45, 2.75) is 13.3 Å². The van der Waals surface area contributed by atoms with Gasteiger partial charge < -0.3 is 4.90 Å². The number of halogens is 2. The molecular formula is C13H19Cl2N. The molecular weight excluding hydrogens is 241 g/mol. The number of alkyl halides is 1. The van der Waals surface area contributed by atoms with Crippen LogP contribution in [0.15, 0.2) is 24.3 Å². The van der Waals surface area contributed by atoms with Gasteiger partial charge in [-0.3, -0.25) is 0 Å². The first kappa shape index (κ1) is 13.8. The number of nitrogens with zero attached hydrogens (tertiary/aromatic N) is 1. The molecule has 0 bridgehead atoms.